The van der Waals surface area contributed by atoms with Gasteiger partial charge in [0.25, 0.3) is 5.91 Å². The van der Waals surface area contributed by atoms with Gasteiger partial charge in [-0.1, -0.05) is 62.4 Å². The van der Waals surface area contributed by atoms with Gasteiger partial charge >= 0.3 is 11.9 Å². The van der Waals surface area contributed by atoms with Crippen molar-refractivity contribution < 1.29 is 28.6 Å². The van der Waals surface area contributed by atoms with Crippen LogP contribution in [-0.2, 0) is 4.79 Å². The van der Waals surface area contributed by atoms with Crippen molar-refractivity contribution in [1.82, 2.24) is 5.43 Å². The van der Waals surface area contributed by atoms with Gasteiger partial charge in [-0.3, -0.25) is 4.79 Å². The number of esters is 2. The molecule has 0 unspecified atom stereocenters. The molecule has 0 saturated heterocycles. The Bertz CT molecular complexity index is 1550. The van der Waals surface area contributed by atoms with Gasteiger partial charge in [-0.05, 0) is 66.4 Å². The molecule has 1 N–H and O–H groups in total. The summed E-state index contributed by atoms with van der Waals surface area (Å²) in [4.78, 5) is 37.7. The van der Waals surface area contributed by atoms with E-state index in [2.05, 4.69) is 24.4 Å². The largest absolute Gasteiger partial charge is 0.483 e. The normalized spacial score (nSPS) is 10.8. The standard InChI is InChI=1S/C33H30N2O6/c1-22(2)26-15-14-23(3)29(18-26)39-21-31(36)35-34-20-27-16-17-28(40-32(37)24-10-6-4-7-11-24)19-30(27)41-33(38)25-12-8-5-9-13-25/h4-20,22H,21H2,1-3H3,(H,35,36). The second-order valence-electron chi connectivity index (χ2n) is 9.47. The maximum Gasteiger partial charge on any atom is 0.343 e. The van der Waals surface area contributed by atoms with E-state index < -0.39 is 17.8 Å². The number of amides is 1. The molecule has 4 aromatic rings. The fourth-order valence-electron chi connectivity index (χ4n) is 3.73. The summed E-state index contributed by atoms with van der Waals surface area (Å²) in [6.45, 7) is 5.85. The van der Waals surface area contributed by atoms with E-state index >= 15 is 0 Å². The summed E-state index contributed by atoms with van der Waals surface area (Å²) in [6, 6.07) is 27.4. The SMILES string of the molecule is Cc1ccc(C(C)C)cc1OCC(=O)NN=Cc1ccc(OC(=O)c2ccccc2)cc1OC(=O)c1ccccc1. The molecule has 1 amide bonds. The van der Waals surface area contributed by atoms with E-state index in [0.29, 0.717) is 28.4 Å². The fraction of sp³-hybridized carbons (Fsp3) is 0.152. The van der Waals surface area contributed by atoms with Crippen molar-refractivity contribution in [2.45, 2.75) is 26.7 Å². The van der Waals surface area contributed by atoms with E-state index in [-0.39, 0.29) is 18.1 Å². The zero-order valence-corrected chi connectivity index (χ0v) is 23.0. The van der Waals surface area contributed by atoms with E-state index in [9.17, 15) is 14.4 Å². The molecule has 8 nitrogen and oxygen atoms in total. The first-order valence-corrected chi connectivity index (χ1v) is 13.0. The average Bonchev–Trinajstić information content (AvgIpc) is 2.98. The molecule has 0 heterocycles. The molecule has 0 saturated carbocycles. The zero-order valence-electron chi connectivity index (χ0n) is 23.0. The van der Waals surface area contributed by atoms with Crippen LogP contribution in [0, 0.1) is 6.92 Å². The molecule has 0 aromatic heterocycles. The molecule has 0 radical (unpaired) electrons. The molecular weight excluding hydrogens is 520 g/mol. The number of hydrazone groups is 1. The monoisotopic (exact) mass is 550 g/mol. The third-order valence-corrected chi connectivity index (χ3v) is 6.05. The molecule has 4 rings (SSSR count). The predicted octanol–water partition coefficient (Wildman–Crippen LogP) is 6.09. The topological polar surface area (TPSA) is 103 Å². The minimum absolute atomic E-state index is 0.0904. The van der Waals surface area contributed by atoms with Gasteiger partial charge in [-0.15, -0.1) is 0 Å². The molecule has 4 aromatic carbocycles. The molecule has 0 aliphatic heterocycles. The van der Waals surface area contributed by atoms with Crippen LogP contribution in [0.15, 0.2) is 102 Å². The van der Waals surface area contributed by atoms with Crippen molar-refractivity contribution in [3.05, 3.63) is 125 Å². The summed E-state index contributed by atoms with van der Waals surface area (Å²) in [7, 11) is 0. The van der Waals surface area contributed by atoms with Crippen LogP contribution < -0.4 is 19.6 Å². The number of carbonyl (C=O) groups excluding carboxylic acids is 3. The van der Waals surface area contributed by atoms with Crippen LogP contribution in [-0.4, -0.2) is 30.7 Å². The van der Waals surface area contributed by atoms with E-state index in [1.54, 1.807) is 66.7 Å². The number of rotatable bonds is 10. The minimum atomic E-state index is -0.608. The number of nitrogens with one attached hydrogen (secondary N) is 1. The summed E-state index contributed by atoms with van der Waals surface area (Å²) in [5.41, 5.74) is 5.53. The third-order valence-electron chi connectivity index (χ3n) is 6.05. The lowest BCUT2D eigenvalue weighted by molar-refractivity contribution is -0.123. The van der Waals surface area contributed by atoms with Crippen molar-refractivity contribution in [3.63, 3.8) is 0 Å². The average molecular weight is 551 g/mol. The van der Waals surface area contributed by atoms with Crippen LogP contribution in [0.3, 0.4) is 0 Å². The Morgan fingerprint density at radius 3 is 2.05 bits per heavy atom. The van der Waals surface area contributed by atoms with Crippen LogP contribution in [0.1, 0.15) is 57.2 Å². The Kier molecular flexibility index (Phi) is 9.62. The molecule has 0 bridgehead atoms. The molecule has 0 fully saturated rings. The van der Waals surface area contributed by atoms with Gasteiger partial charge in [-0.2, -0.15) is 5.10 Å². The minimum Gasteiger partial charge on any atom is -0.483 e. The van der Waals surface area contributed by atoms with Gasteiger partial charge in [0.2, 0.25) is 0 Å². The smallest absolute Gasteiger partial charge is 0.343 e. The lowest BCUT2D eigenvalue weighted by Crippen LogP contribution is -2.24. The van der Waals surface area contributed by atoms with Crippen molar-refractivity contribution in [3.8, 4) is 17.2 Å². The molecule has 0 atom stereocenters. The van der Waals surface area contributed by atoms with Gasteiger partial charge < -0.3 is 14.2 Å². The summed E-state index contributed by atoms with van der Waals surface area (Å²) in [5.74, 6) is -0.416. The summed E-state index contributed by atoms with van der Waals surface area (Å²) in [6.07, 6.45) is 1.33. The molecule has 8 heteroatoms. The number of carbonyl (C=O) groups is 3. The number of hydrogen-bond acceptors (Lipinski definition) is 7. The molecule has 0 aliphatic carbocycles. The van der Waals surface area contributed by atoms with Crippen LogP contribution in [0.4, 0.5) is 0 Å². The van der Waals surface area contributed by atoms with Crippen LogP contribution in [0.25, 0.3) is 0 Å². The second kappa shape index (κ2) is 13.7. The van der Waals surface area contributed by atoms with Gasteiger partial charge in [0, 0.05) is 11.6 Å². The highest BCUT2D eigenvalue weighted by Crippen LogP contribution is 2.26. The predicted molar refractivity (Wildman–Crippen MR) is 156 cm³/mol. The van der Waals surface area contributed by atoms with Crippen LogP contribution >= 0.6 is 0 Å². The maximum atomic E-state index is 12.8. The Balaban J connectivity index is 1.46. The first kappa shape index (κ1) is 28.8. The Hall–Kier alpha value is -5.24. The van der Waals surface area contributed by atoms with Gasteiger partial charge in [0.1, 0.15) is 17.2 Å². The zero-order chi connectivity index (χ0) is 29.2. The highest BCUT2D eigenvalue weighted by atomic mass is 16.5. The third kappa shape index (κ3) is 8.12. The maximum absolute atomic E-state index is 12.8. The van der Waals surface area contributed by atoms with Crippen LogP contribution in [0.2, 0.25) is 0 Å². The van der Waals surface area contributed by atoms with E-state index in [1.807, 2.05) is 25.1 Å². The highest BCUT2D eigenvalue weighted by molar-refractivity contribution is 5.94. The van der Waals surface area contributed by atoms with Gasteiger partial charge in [0.15, 0.2) is 6.61 Å². The lowest BCUT2D eigenvalue weighted by Gasteiger charge is -2.12. The van der Waals surface area contributed by atoms with E-state index in [0.717, 1.165) is 11.1 Å². The number of aryl methyl sites for hydroxylation is 1. The number of hydrogen-bond donors (Lipinski definition) is 1. The van der Waals surface area contributed by atoms with E-state index in [4.69, 9.17) is 14.2 Å². The Labute approximate surface area is 238 Å². The first-order chi connectivity index (χ1) is 19.8. The quantitative estimate of drug-likeness (QED) is 0.111. The summed E-state index contributed by atoms with van der Waals surface area (Å²) in [5, 5.41) is 4.00. The molecule has 208 valence electrons. The molecular formula is C33H30N2O6. The summed E-state index contributed by atoms with van der Waals surface area (Å²) < 4.78 is 16.8. The molecule has 0 aliphatic rings. The number of nitrogens with zero attached hydrogens (tertiary/aromatic N) is 1. The van der Waals surface area contributed by atoms with Crippen LogP contribution in [0.5, 0.6) is 17.2 Å². The lowest BCUT2D eigenvalue weighted by atomic mass is 10.0. The molecule has 0 spiro atoms. The van der Waals surface area contributed by atoms with Crippen molar-refractivity contribution in [2.24, 2.45) is 5.10 Å². The van der Waals surface area contributed by atoms with Crippen molar-refractivity contribution >= 4 is 24.1 Å². The Morgan fingerprint density at radius 2 is 1.41 bits per heavy atom. The number of ether oxygens (including phenoxy) is 3. The van der Waals surface area contributed by atoms with Crippen molar-refractivity contribution in [1.29, 1.82) is 0 Å². The van der Waals surface area contributed by atoms with Crippen molar-refractivity contribution in [2.75, 3.05) is 6.61 Å². The second-order valence-corrected chi connectivity index (χ2v) is 9.47. The van der Waals surface area contributed by atoms with Gasteiger partial charge in [0.05, 0.1) is 17.3 Å². The molecule has 41 heavy (non-hydrogen) atoms. The summed E-state index contributed by atoms with van der Waals surface area (Å²) >= 11 is 0. The van der Waals surface area contributed by atoms with Gasteiger partial charge in [-0.25, -0.2) is 15.0 Å². The number of benzene rings is 4. The fourth-order valence-corrected chi connectivity index (χ4v) is 3.73. The first-order valence-electron chi connectivity index (χ1n) is 13.0. The highest BCUT2D eigenvalue weighted by Gasteiger charge is 2.15. The Morgan fingerprint density at radius 1 is 0.780 bits per heavy atom. The van der Waals surface area contributed by atoms with E-state index in [1.165, 1.54) is 18.3 Å².